The summed E-state index contributed by atoms with van der Waals surface area (Å²) in [6.07, 6.45) is 0. The van der Waals surface area contributed by atoms with Gasteiger partial charge in [-0.1, -0.05) is 11.3 Å². The van der Waals surface area contributed by atoms with E-state index in [0.717, 1.165) is 22.8 Å². The fraction of sp³-hybridized carbons (Fsp3) is 0. The van der Waals surface area contributed by atoms with Crippen LogP contribution in [0, 0.1) is 11.6 Å². The molecule has 3 aromatic rings. The van der Waals surface area contributed by atoms with Gasteiger partial charge in [-0.15, -0.1) is 0 Å². The van der Waals surface area contributed by atoms with E-state index in [1.54, 1.807) is 0 Å². The topological polar surface area (TPSA) is 71.7 Å². The third-order valence-electron chi connectivity index (χ3n) is 3.76. The minimum Gasteiger partial charge on any atom is -0.493 e. The van der Waals surface area contributed by atoms with Crippen LogP contribution >= 0.6 is 11.3 Å². The van der Waals surface area contributed by atoms with E-state index in [2.05, 4.69) is 4.99 Å². The third kappa shape index (κ3) is 2.38. The van der Waals surface area contributed by atoms with Crippen LogP contribution in [-0.4, -0.2) is 15.6 Å². The van der Waals surface area contributed by atoms with Crippen LogP contribution in [0.5, 0.6) is 5.88 Å². The van der Waals surface area contributed by atoms with E-state index in [1.807, 2.05) is 0 Å². The molecule has 8 heteroatoms. The number of hydrogen-bond donors (Lipinski definition) is 1. The Hall–Kier alpha value is -3.13. The van der Waals surface area contributed by atoms with Crippen molar-refractivity contribution in [2.45, 2.75) is 0 Å². The van der Waals surface area contributed by atoms with Gasteiger partial charge in [0.05, 0.1) is 16.6 Å². The lowest BCUT2D eigenvalue weighted by molar-refractivity contribution is -0.112. The van der Waals surface area contributed by atoms with E-state index < -0.39 is 28.3 Å². The summed E-state index contributed by atoms with van der Waals surface area (Å²) in [6.45, 7) is 0. The van der Waals surface area contributed by atoms with E-state index in [0.29, 0.717) is 11.3 Å². The number of amides is 1. The van der Waals surface area contributed by atoms with Crippen molar-refractivity contribution in [2.75, 3.05) is 0 Å². The van der Waals surface area contributed by atoms with Crippen molar-refractivity contribution in [1.82, 2.24) is 4.57 Å². The van der Waals surface area contributed by atoms with Crippen molar-refractivity contribution >= 4 is 22.8 Å². The smallest absolute Gasteiger partial charge is 0.315 e. The number of rotatable bonds is 2. The van der Waals surface area contributed by atoms with Crippen molar-refractivity contribution in [3.8, 4) is 11.6 Å². The fourth-order valence-corrected chi connectivity index (χ4v) is 3.59. The molecule has 0 bridgehead atoms. The molecule has 25 heavy (non-hydrogen) atoms. The Morgan fingerprint density at radius 1 is 1.00 bits per heavy atom. The highest BCUT2D eigenvalue weighted by Crippen LogP contribution is 2.30. The van der Waals surface area contributed by atoms with E-state index in [9.17, 15) is 23.5 Å². The first-order valence-corrected chi connectivity index (χ1v) is 7.91. The maximum absolute atomic E-state index is 13.5. The molecule has 0 radical (unpaired) electrons. The predicted molar refractivity (Wildman–Crippen MR) is 86.2 cm³/mol. The number of fused-ring (bicyclic) bond motifs is 1. The molecule has 124 valence electrons. The molecule has 0 unspecified atom stereocenters. The molecule has 1 aromatic heterocycles. The first-order chi connectivity index (χ1) is 12.0. The zero-order chi connectivity index (χ0) is 17.7. The molecule has 1 aliphatic rings. The van der Waals surface area contributed by atoms with Gasteiger partial charge in [0.15, 0.2) is 0 Å². The number of aromatic nitrogens is 1. The Morgan fingerprint density at radius 2 is 1.68 bits per heavy atom. The minimum absolute atomic E-state index is 0.00701. The number of thiazole rings is 1. The van der Waals surface area contributed by atoms with Crippen molar-refractivity contribution < 1.29 is 18.7 Å². The molecular weight excluding hydrogens is 350 g/mol. The fourth-order valence-electron chi connectivity index (χ4n) is 2.65. The quantitative estimate of drug-likeness (QED) is 0.749. The lowest BCUT2D eigenvalue weighted by Crippen LogP contribution is -2.23. The van der Waals surface area contributed by atoms with Crippen LogP contribution in [0.15, 0.2) is 52.3 Å². The van der Waals surface area contributed by atoms with E-state index in [1.165, 1.54) is 24.3 Å². The minimum atomic E-state index is -0.664. The summed E-state index contributed by atoms with van der Waals surface area (Å²) in [5.41, 5.74) is 0.212. The van der Waals surface area contributed by atoms with Gasteiger partial charge < -0.3 is 5.11 Å². The second kappa shape index (κ2) is 5.45. The molecule has 0 fully saturated rings. The van der Waals surface area contributed by atoms with Crippen LogP contribution in [0.4, 0.5) is 8.78 Å². The molecular formula is C17H8F2N2O3S. The van der Waals surface area contributed by atoms with E-state index >= 15 is 0 Å². The van der Waals surface area contributed by atoms with Gasteiger partial charge in [0.1, 0.15) is 16.5 Å². The number of carbonyl (C=O) groups is 1. The van der Waals surface area contributed by atoms with Crippen molar-refractivity contribution in [3.05, 3.63) is 79.2 Å². The van der Waals surface area contributed by atoms with Gasteiger partial charge in [0, 0.05) is 5.22 Å². The Morgan fingerprint density at radius 3 is 2.40 bits per heavy atom. The van der Waals surface area contributed by atoms with E-state index in [-0.39, 0.29) is 26.7 Å². The number of hydrogen-bond acceptors (Lipinski definition) is 4. The molecule has 0 spiro atoms. The van der Waals surface area contributed by atoms with Gasteiger partial charge in [-0.3, -0.25) is 9.59 Å². The van der Waals surface area contributed by atoms with Crippen LogP contribution in [-0.2, 0) is 4.79 Å². The van der Waals surface area contributed by atoms with Crippen LogP contribution in [0.2, 0.25) is 0 Å². The second-order valence-electron chi connectivity index (χ2n) is 5.29. The monoisotopic (exact) mass is 358 g/mol. The first kappa shape index (κ1) is 15.4. The summed E-state index contributed by atoms with van der Waals surface area (Å²) in [7, 11) is 0. The van der Waals surface area contributed by atoms with Crippen LogP contribution in [0.25, 0.3) is 11.3 Å². The van der Waals surface area contributed by atoms with Gasteiger partial charge in [0.25, 0.3) is 5.91 Å². The van der Waals surface area contributed by atoms with Gasteiger partial charge in [-0.05, 0) is 42.5 Å². The molecule has 0 atom stereocenters. The molecule has 1 N–H and O–H groups in total. The van der Waals surface area contributed by atoms with Gasteiger partial charge >= 0.3 is 4.87 Å². The molecule has 0 saturated carbocycles. The predicted octanol–water partition coefficient (Wildman–Crippen LogP) is 1.24. The van der Waals surface area contributed by atoms with Crippen molar-refractivity contribution in [3.63, 3.8) is 0 Å². The summed E-state index contributed by atoms with van der Waals surface area (Å²) in [5.74, 6) is -2.19. The van der Waals surface area contributed by atoms with Gasteiger partial charge in [-0.2, -0.15) is 0 Å². The summed E-state index contributed by atoms with van der Waals surface area (Å²) in [4.78, 5) is 27.7. The van der Waals surface area contributed by atoms with Crippen LogP contribution in [0.1, 0.15) is 4.88 Å². The number of halogens is 2. The third-order valence-corrected chi connectivity index (χ3v) is 4.71. The Kier molecular flexibility index (Phi) is 3.36. The molecule has 1 aliphatic heterocycles. The summed E-state index contributed by atoms with van der Waals surface area (Å²) in [6, 6.07) is 8.60. The highest BCUT2D eigenvalue weighted by molar-refractivity contribution is 7.11. The maximum atomic E-state index is 13.5. The average Bonchev–Trinajstić information content (AvgIpc) is 3.04. The first-order valence-electron chi connectivity index (χ1n) is 7.10. The largest absolute Gasteiger partial charge is 0.493 e. The zero-order valence-corrected chi connectivity index (χ0v) is 13.2. The average molecular weight is 358 g/mol. The normalized spacial score (nSPS) is 13.0. The highest BCUT2D eigenvalue weighted by atomic mass is 32.1. The van der Waals surface area contributed by atoms with Crippen LogP contribution < -0.4 is 15.4 Å². The lowest BCUT2D eigenvalue weighted by atomic mass is 10.1. The second-order valence-corrected chi connectivity index (χ2v) is 6.25. The Labute approximate surface area is 142 Å². The Balaban J connectivity index is 2.00. The van der Waals surface area contributed by atoms with Gasteiger partial charge in [-0.25, -0.2) is 18.3 Å². The zero-order valence-electron chi connectivity index (χ0n) is 12.4. The van der Waals surface area contributed by atoms with Crippen molar-refractivity contribution in [2.24, 2.45) is 4.99 Å². The number of benzene rings is 2. The number of aromatic hydroxyl groups is 1. The van der Waals surface area contributed by atoms with E-state index in [4.69, 9.17) is 0 Å². The number of carbonyl (C=O) groups excluding carboxylic acids is 1. The Bertz CT molecular complexity index is 1210. The molecule has 4 rings (SSSR count). The van der Waals surface area contributed by atoms with Crippen molar-refractivity contribution in [1.29, 1.82) is 0 Å². The van der Waals surface area contributed by atoms with Gasteiger partial charge in [0.2, 0.25) is 5.88 Å². The molecule has 1 amide bonds. The summed E-state index contributed by atoms with van der Waals surface area (Å²) in [5, 5.41) is 11.0. The standard InChI is InChI=1S/C17H8F2N2O3S/c18-8-1-4-10(5-2-8)21-16(23)14(25-17(21)24)13-11-7-9(19)3-6-12(11)20-15(13)22/h1-7,23H. The SMILES string of the molecule is O=C1N=c2ccc(F)cc2=C1c1sc(=O)n(-c2ccc(F)cc2)c1O. The molecule has 2 heterocycles. The molecule has 0 aliphatic carbocycles. The summed E-state index contributed by atoms with van der Waals surface area (Å²) < 4.78 is 27.6. The highest BCUT2D eigenvalue weighted by Gasteiger charge is 2.26. The molecule has 0 saturated heterocycles. The molecule has 5 nitrogen and oxygen atoms in total. The summed E-state index contributed by atoms with van der Waals surface area (Å²) >= 11 is 0.634. The maximum Gasteiger partial charge on any atom is 0.315 e. The lowest BCUT2D eigenvalue weighted by Gasteiger charge is -2.04. The number of nitrogens with zero attached hydrogens (tertiary/aromatic N) is 2. The molecule has 2 aromatic carbocycles. The van der Waals surface area contributed by atoms with Crippen LogP contribution in [0.3, 0.4) is 0 Å².